The van der Waals surface area contributed by atoms with Crippen LogP contribution in [-0.4, -0.2) is 43.2 Å². The van der Waals surface area contributed by atoms with E-state index in [0.717, 1.165) is 5.56 Å². The molecule has 0 radical (unpaired) electrons. The van der Waals surface area contributed by atoms with Gasteiger partial charge < -0.3 is 5.11 Å². The Balaban J connectivity index is 1.95. The number of aryl methyl sites for hydroxylation is 1. The molecule has 0 saturated carbocycles. The number of benzene rings is 1. The molecule has 2 rings (SSSR count). The molecule has 0 bridgehead atoms. The van der Waals surface area contributed by atoms with Crippen molar-refractivity contribution in [2.45, 2.75) is 17.9 Å². The summed E-state index contributed by atoms with van der Waals surface area (Å²) in [4.78, 5) is 14.6. The molecule has 1 aliphatic heterocycles. The number of hydrogen-bond donors (Lipinski definition) is 2. The highest BCUT2D eigenvalue weighted by atomic mass is 32.2. The first kappa shape index (κ1) is 15.8. The third-order valence-electron chi connectivity index (χ3n) is 2.65. The number of hydrogen-bond acceptors (Lipinski definition) is 6. The lowest BCUT2D eigenvalue weighted by molar-refractivity contribution is 0.200. The van der Waals surface area contributed by atoms with E-state index in [-0.39, 0.29) is 16.7 Å². The van der Waals surface area contributed by atoms with Crippen LogP contribution in [0.4, 0.5) is 4.79 Å². The Morgan fingerprint density at radius 2 is 2.14 bits per heavy atom. The highest BCUT2D eigenvalue weighted by molar-refractivity contribution is 8.14. The van der Waals surface area contributed by atoms with E-state index in [4.69, 9.17) is 9.29 Å². The molecule has 7 nitrogen and oxygen atoms in total. The summed E-state index contributed by atoms with van der Waals surface area (Å²) in [7, 11) is -3.82. The largest absolute Gasteiger partial charge is 0.465 e. The lowest BCUT2D eigenvalue weighted by atomic mass is 10.2. The van der Waals surface area contributed by atoms with Crippen molar-refractivity contribution in [1.82, 2.24) is 5.32 Å². The number of carboxylic acid groups (broad SMARTS) is 1. The third kappa shape index (κ3) is 4.45. The van der Waals surface area contributed by atoms with Crippen LogP contribution in [0.25, 0.3) is 0 Å². The minimum atomic E-state index is -3.82. The SMILES string of the molecule is Cc1ccc(S(=O)(=O)OCC2CSC(NC(=O)O)=N2)cc1. The Labute approximate surface area is 126 Å². The molecular formula is C12H14N2O5S2. The minimum Gasteiger partial charge on any atom is -0.465 e. The first-order valence-corrected chi connectivity index (χ1v) is 8.43. The minimum absolute atomic E-state index is 0.0895. The maximum atomic E-state index is 12.0. The van der Waals surface area contributed by atoms with Crippen LogP contribution < -0.4 is 5.32 Å². The molecule has 9 heteroatoms. The van der Waals surface area contributed by atoms with Gasteiger partial charge in [0, 0.05) is 5.75 Å². The fourth-order valence-electron chi connectivity index (χ4n) is 1.60. The smallest absolute Gasteiger partial charge is 0.410 e. The van der Waals surface area contributed by atoms with Crippen LogP contribution >= 0.6 is 11.8 Å². The molecule has 0 saturated heterocycles. The molecule has 0 aliphatic carbocycles. The first-order chi connectivity index (χ1) is 9.87. The van der Waals surface area contributed by atoms with Crippen LogP contribution in [0.3, 0.4) is 0 Å². The zero-order valence-electron chi connectivity index (χ0n) is 11.1. The van der Waals surface area contributed by atoms with Crippen LogP contribution in [-0.2, 0) is 14.3 Å². The second kappa shape index (κ2) is 6.46. The van der Waals surface area contributed by atoms with Crippen LogP contribution in [0.15, 0.2) is 34.2 Å². The quantitative estimate of drug-likeness (QED) is 0.809. The number of nitrogens with zero attached hydrogens (tertiary/aromatic N) is 1. The Kier molecular flexibility index (Phi) is 4.86. The van der Waals surface area contributed by atoms with E-state index in [1.807, 2.05) is 6.92 Å². The summed E-state index contributed by atoms with van der Waals surface area (Å²) in [5.41, 5.74) is 0.954. The van der Waals surface area contributed by atoms with E-state index < -0.39 is 22.3 Å². The van der Waals surface area contributed by atoms with Crippen LogP contribution in [0.1, 0.15) is 5.56 Å². The number of rotatable bonds is 4. The molecule has 1 unspecified atom stereocenters. The van der Waals surface area contributed by atoms with Gasteiger partial charge in [-0.25, -0.2) is 4.79 Å². The molecule has 0 aromatic heterocycles. The summed E-state index contributed by atoms with van der Waals surface area (Å²) in [6, 6.07) is 5.95. The van der Waals surface area contributed by atoms with Gasteiger partial charge in [-0.15, -0.1) is 0 Å². The molecule has 21 heavy (non-hydrogen) atoms. The van der Waals surface area contributed by atoms with Gasteiger partial charge in [0.2, 0.25) is 0 Å². The van der Waals surface area contributed by atoms with Gasteiger partial charge in [-0.3, -0.25) is 14.5 Å². The number of thioether (sulfide) groups is 1. The van der Waals surface area contributed by atoms with Gasteiger partial charge in [-0.1, -0.05) is 29.5 Å². The second-order valence-corrected chi connectivity index (χ2v) is 7.00. The van der Waals surface area contributed by atoms with Crippen molar-refractivity contribution >= 4 is 33.1 Å². The van der Waals surface area contributed by atoms with Crippen molar-refractivity contribution in [1.29, 1.82) is 0 Å². The highest BCUT2D eigenvalue weighted by Gasteiger charge is 2.23. The zero-order valence-corrected chi connectivity index (χ0v) is 12.8. The molecule has 1 aliphatic rings. The van der Waals surface area contributed by atoms with E-state index >= 15 is 0 Å². The topological polar surface area (TPSA) is 105 Å². The fraction of sp³-hybridized carbons (Fsp3) is 0.333. The van der Waals surface area contributed by atoms with Crippen LogP contribution in [0, 0.1) is 6.92 Å². The molecule has 0 fully saturated rings. The van der Waals surface area contributed by atoms with Gasteiger partial charge in [0.25, 0.3) is 10.1 Å². The molecule has 114 valence electrons. The molecule has 1 heterocycles. The van der Waals surface area contributed by atoms with Crippen molar-refractivity contribution in [3.8, 4) is 0 Å². The molecular weight excluding hydrogens is 316 g/mol. The van der Waals surface area contributed by atoms with Crippen molar-refractivity contribution < 1.29 is 22.5 Å². The van der Waals surface area contributed by atoms with E-state index in [1.165, 1.54) is 23.9 Å². The van der Waals surface area contributed by atoms with Crippen LogP contribution in [0.2, 0.25) is 0 Å². The molecule has 2 N–H and O–H groups in total. The molecule has 1 aromatic carbocycles. The van der Waals surface area contributed by atoms with E-state index in [1.54, 1.807) is 12.1 Å². The predicted molar refractivity (Wildman–Crippen MR) is 79.2 cm³/mol. The number of carbonyl (C=O) groups is 1. The molecule has 1 aromatic rings. The Bertz CT molecular complexity index is 655. The monoisotopic (exact) mass is 330 g/mol. The van der Waals surface area contributed by atoms with Gasteiger partial charge in [0.15, 0.2) is 5.17 Å². The second-order valence-electron chi connectivity index (χ2n) is 4.38. The normalized spacial score (nSPS) is 18.3. The third-order valence-corrected chi connectivity index (χ3v) is 4.98. The summed E-state index contributed by atoms with van der Waals surface area (Å²) in [6.45, 7) is 1.74. The highest BCUT2D eigenvalue weighted by Crippen LogP contribution is 2.19. The van der Waals surface area contributed by atoms with E-state index in [0.29, 0.717) is 5.75 Å². The molecule has 0 spiro atoms. The predicted octanol–water partition coefficient (Wildman–Crippen LogP) is 1.44. The standard InChI is InChI=1S/C12H14N2O5S2/c1-8-2-4-10(5-3-8)21(17,18)19-6-9-7-20-11(13-9)14-12(15)16/h2-5,9H,6-7H2,1H3,(H,13,14)(H,15,16). The number of amidine groups is 1. The van der Waals surface area contributed by atoms with Gasteiger partial charge >= 0.3 is 6.09 Å². The van der Waals surface area contributed by atoms with Crippen molar-refractivity contribution in [2.24, 2.45) is 4.99 Å². The number of aliphatic imine (C=N–C) groups is 1. The van der Waals surface area contributed by atoms with Gasteiger partial charge in [-0.05, 0) is 19.1 Å². The van der Waals surface area contributed by atoms with Gasteiger partial charge in [-0.2, -0.15) is 8.42 Å². The summed E-state index contributed by atoms with van der Waals surface area (Å²) >= 11 is 1.21. The van der Waals surface area contributed by atoms with E-state index in [2.05, 4.69) is 10.3 Å². The number of amides is 1. The first-order valence-electron chi connectivity index (χ1n) is 6.03. The molecule has 1 atom stereocenters. The van der Waals surface area contributed by atoms with Gasteiger partial charge in [0.1, 0.15) is 0 Å². The summed E-state index contributed by atoms with van der Waals surface area (Å²) in [5.74, 6) is 0.471. The maximum absolute atomic E-state index is 12.0. The Morgan fingerprint density at radius 3 is 2.76 bits per heavy atom. The van der Waals surface area contributed by atoms with Gasteiger partial charge in [0.05, 0.1) is 17.5 Å². The van der Waals surface area contributed by atoms with Crippen LogP contribution in [0.5, 0.6) is 0 Å². The van der Waals surface area contributed by atoms with Crippen molar-refractivity contribution in [3.63, 3.8) is 0 Å². The van der Waals surface area contributed by atoms with E-state index in [9.17, 15) is 13.2 Å². The Morgan fingerprint density at radius 1 is 1.48 bits per heavy atom. The Hall–Kier alpha value is -1.58. The zero-order chi connectivity index (χ0) is 15.5. The molecule has 1 amide bonds. The van der Waals surface area contributed by atoms with Crippen molar-refractivity contribution in [2.75, 3.05) is 12.4 Å². The summed E-state index contributed by atoms with van der Waals surface area (Å²) < 4.78 is 28.9. The summed E-state index contributed by atoms with van der Waals surface area (Å²) in [6.07, 6.45) is -1.20. The fourth-order valence-corrected chi connectivity index (χ4v) is 3.45. The van der Waals surface area contributed by atoms with Crippen molar-refractivity contribution in [3.05, 3.63) is 29.8 Å². The summed E-state index contributed by atoms with van der Waals surface area (Å²) in [5, 5.41) is 10.9. The maximum Gasteiger partial charge on any atom is 0.410 e. The lowest BCUT2D eigenvalue weighted by Crippen LogP contribution is -2.25. The lowest BCUT2D eigenvalue weighted by Gasteiger charge is -2.08. The number of nitrogens with one attached hydrogen (secondary N) is 1. The average molecular weight is 330 g/mol. The average Bonchev–Trinajstić information content (AvgIpc) is 2.84.